The molecule has 1 atom stereocenters. The van der Waals surface area contributed by atoms with Crippen LogP contribution < -0.4 is 10.3 Å². The van der Waals surface area contributed by atoms with Crippen LogP contribution in [0.1, 0.15) is 36.6 Å². The van der Waals surface area contributed by atoms with E-state index in [1.807, 2.05) is 30.3 Å². The molecule has 3 heterocycles. The molecule has 1 aliphatic heterocycles. The molecule has 1 unspecified atom stereocenters. The number of methoxy groups -OCH3 is 1. The number of pyridine rings is 1. The van der Waals surface area contributed by atoms with Crippen LogP contribution in [0.3, 0.4) is 0 Å². The fourth-order valence-corrected chi connectivity index (χ4v) is 3.79. The van der Waals surface area contributed by atoms with Crippen LogP contribution in [-0.2, 0) is 6.54 Å². The zero-order chi connectivity index (χ0) is 19.3. The fraction of sp³-hybridized carbons (Fsp3) is 0.318. The van der Waals surface area contributed by atoms with E-state index in [0.717, 1.165) is 43.8 Å². The van der Waals surface area contributed by atoms with E-state index in [1.165, 1.54) is 5.56 Å². The molecule has 0 bridgehead atoms. The lowest BCUT2D eigenvalue weighted by atomic mass is 9.98. The molecular formula is C22H24N4O2. The monoisotopic (exact) mass is 376 g/mol. The SMILES string of the molecule is COc1cccc(CN2CCCCC2c2cc(=O)[nH]c(-c3ccccn3)n2)c1. The lowest BCUT2D eigenvalue weighted by Gasteiger charge is -2.35. The Morgan fingerprint density at radius 1 is 1.18 bits per heavy atom. The summed E-state index contributed by atoms with van der Waals surface area (Å²) in [6.45, 7) is 1.78. The Morgan fingerprint density at radius 3 is 2.93 bits per heavy atom. The molecule has 28 heavy (non-hydrogen) atoms. The minimum atomic E-state index is -0.141. The highest BCUT2D eigenvalue weighted by Gasteiger charge is 2.26. The Balaban J connectivity index is 1.64. The van der Waals surface area contributed by atoms with E-state index in [1.54, 1.807) is 19.4 Å². The molecule has 1 aromatic carbocycles. The summed E-state index contributed by atoms with van der Waals surface area (Å²) in [5.74, 6) is 1.38. The highest BCUT2D eigenvalue weighted by atomic mass is 16.5. The van der Waals surface area contributed by atoms with Crippen LogP contribution in [0.25, 0.3) is 11.5 Å². The summed E-state index contributed by atoms with van der Waals surface area (Å²) in [6, 6.07) is 15.5. The van der Waals surface area contributed by atoms with Crippen LogP contribution in [0.5, 0.6) is 5.75 Å². The Morgan fingerprint density at radius 2 is 2.11 bits per heavy atom. The van der Waals surface area contributed by atoms with Gasteiger partial charge in [-0.15, -0.1) is 0 Å². The van der Waals surface area contributed by atoms with Gasteiger partial charge in [-0.05, 0) is 49.2 Å². The summed E-state index contributed by atoms with van der Waals surface area (Å²) in [5.41, 5.74) is 2.54. The van der Waals surface area contributed by atoms with Crippen molar-refractivity contribution < 1.29 is 4.74 Å². The lowest BCUT2D eigenvalue weighted by molar-refractivity contribution is 0.137. The first kappa shape index (κ1) is 18.4. The van der Waals surface area contributed by atoms with Crippen LogP contribution in [0.2, 0.25) is 0 Å². The number of aromatic nitrogens is 3. The van der Waals surface area contributed by atoms with Gasteiger partial charge >= 0.3 is 0 Å². The standard InChI is InChI=1S/C22H24N4O2/c1-28-17-8-6-7-16(13-17)15-26-12-5-3-10-20(26)19-14-21(27)25-22(24-19)18-9-2-4-11-23-18/h2,4,6-9,11,13-14,20H,3,5,10,12,15H2,1H3,(H,24,25,27). The third-order valence-corrected chi connectivity index (χ3v) is 5.14. The van der Waals surface area contributed by atoms with Gasteiger partial charge in [-0.25, -0.2) is 4.98 Å². The molecule has 6 nitrogen and oxygen atoms in total. The van der Waals surface area contributed by atoms with Crippen molar-refractivity contribution in [3.63, 3.8) is 0 Å². The second-order valence-corrected chi connectivity index (χ2v) is 7.07. The minimum Gasteiger partial charge on any atom is -0.497 e. The van der Waals surface area contributed by atoms with E-state index in [0.29, 0.717) is 11.5 Å². The maximum Gasteiger partial charge on any atom is 0.251 e. The highest BCUT2D eigenvalue weighted by molar-refractivity contribution is 5.48. The summed E-state index contributed by atoms with van der Waals surface area (Å²) in [4.78, 5) is 26.6. The molecule has 144 valence electrons. The predicted molar refractivity (Wildman–Crippen MR) is 108 cm³/mol. The molecule has 4 rings (SSSR count). The molecule has 1 aliphatic rings. The molecule has 1 N–H and O–H groups in total. The number of H-pyrrole nitrogens is 1. The van der Waals surface area contributed by atoms with Gasteiger partial charge in [0.15, 0.2) is 5.82 Å². The van der Waals surface area contributed by atoms with Crippen molar-refractivity contribution in [1.29, 1.82) is 0 Å². The second-order valence-electron chi connectivity index (χ2n) is 7.07. The van der Waals surface area contributed by atoms with Crippen LogP contribution in [0.4, 0.5) is 0 Å². The predicted octanol–water partition coefficient (Wildman–Crippen LogP) is 3.57. The first-order valence-electron chi connectivity index (χ1n) is 9.62. The van der Waals surface area contributed by atoms with Crippen molar-refractivity contribution >= 4 is 0 Å². The third-order valence-electron chi connectivity index (χ3n) is 5.14. The topological polar surface area (TPSA) is 71.1 Å². The van der Waals surface area contributed by atoms with Gasteiger partial charge in [0.2, 0.25) is 0 Å². The summed E-state index contributed by atoms with van der Waals surface area (Å²) in [6.07, 6.45) is 4.98. The zero-order valence-electron chi connectivity index (χ0n) is 16.0. The molecule has 0 saturated carbocycles. The van der Waals surface area contributed by atoms with Crippen molar-refractivity contribution in [2.75, 3.05) is 13.7 Å². The average Bonchev–Trinajstić information content (AvgIpc) is 2.74. The van der Waals surface area contributed by atoms with Gasteiger partial charge in [-0.1, -0.05) is 24.6 Å². The number of ether oxygens (including phenoxy) is 1. The summed E-state index contributed by atoms with van der Waals surface area (Å²) >= 11 is 0. The molecule has 0 spiro atoms. The quantitative estimate of drug-likeness (QED) is 0.737. The van der Waals surface area contributed by atoms with Crippen LogP contribution in [-0.4, -0.2) is 33.5 Å². The van der Waals surface area contributed by atoms with Crippen LogP contribution in [0.15, 0.2) is 59.5 Å². The van der Waals surface area contributed by atoms with Gasteiger partial charge in [0.1, 0.15) is 11.4 Å². The molecule has 6 heteroatoms. The number of nitrogens with one attached hydrogen (secondary N) is 1. The van der Waals surface area contributed by atoms with Crippen molar-refractivity contribution in [3.05, 3.63) is 76.3 Å². The van der Waals surface area contributed by atoms with Crippen LogP contribution >= 0.6 is 0 Å². The van der Waals surface area contributed by atoms with Gasteiger partial charge in [-0.2, -0.15) is 0 Å². The van der Waals surface area contributed by atoms with Crippen molar-refractivity contribution in [3.8, 4) is 17.3 Å². The second kappa shape index (κ2) is 8.35. The molecule has 0 amide bonds. The van der Waals surface area contributed by atoms with Gasteiger partial charge in [0.05, 0.1) is 18.8 Å². The lowest BCUT2D eigenvalue weighted by Crippen LogP contribution is -2.34. The van der Waals surface area contributed by atoms with E-state index in [-0.39, 0.29) is 11.6 Å². The minimum absolute atomic E-state index is 0.115. The number of piperidine rings is 1. The first-order valence-corrected chi connectivity index (χ1v) is 9.62. The van der Waals surface area contributed by atoms with Gasteiger partial charge in [0, 0.05) is 18.8 Å². The molecule has 0 aliphatic carbocycles. The molecule has 1 saturated heterocycles. The maximum absolute atomic E-state index is 12.3. The molecular weight excluding hydrogens is 352 g/mol. The number of rotatable bonds is 5. The Kier molecular flexibility index (Phi) is 5.48. The number of benzene rings is 1. The highest BCUT2D eigenvalue weighted by Crippen LogP contribution is 2.31. The van der Waals surface area contributed by atoms with Gasteiger partial charge < -0.3 is 9.72 Å². The average molecular weight is 376 g/mol. The Hall–Kier alpha value is -2.99. The molecule has 3 aromatic rings. The number of nitrogens with zero attached hydrogens (tertiary/aromatic N) is 3. The molecule has 2 aromatic heterocycles. The molecule has 1 fully saturated rings. The number of aromatic amines is 1. The van der Waals surface area contributed by atoms with E-state index in [2.05, 4.69) is 27.0 Å². The van der Waals surface area contributed by atoms with E-state index in [4.69, 9.17) is 9.72 Å². The molecule has 0 radical (unpaired) electrons. The third kappa shape index (κ3) is 4.12. The smallest absolute Gasteiger partial charge is 0.251 e. The Labute approximate surface area is 164 Å². The number of hydrogen-bond donors (Lipinski definition) is 1. The zero-order valence-corrected chi connectivity index (χ0v) is 16.0. The van der Waals surface area contributed by atoms with E-state index in [9.17, 15) is 4.79 Å². The largest absolute Gasteiger partial charge is 0.497 e. The summed E-state index contributed by atoms with van der Waals surface area (Å²) in [5, 5.41) is 0. The van der Waals surface area contributed by atoms with Gasteiger partial charge in [-0.3, -0.25) is 14.7 Å². The summed E-state index contributed by atoms with van der Waals surface area (Å²) < 4.78 is 5.35. The number of likely N-dealkylation sites (tertiary alicyclic amines) is 1. The maximum atomic E-state index is 12.3. The van der Waals surface area contributed by atoms with Crippen molar-refractivity contribution in [2.45, 2.75) is 31.8 Å². The van der Waals surface area contributed by atoms with E-state index < -0.39 is 0 Å². The van der Waals surface area contributed by atoms with Gasteiger partial charge in [0.25, 0.3) is 5.56 Å². The van der Waals surface area contributed by atoms with Crippen LogP contribution in [0, 0.1) is 0 Å². The van der Waals surface area contributed by atoms with Crippen molar-refractivity contribution in [2.24, 2.45) is 0 Å². The summed E-state index contributed by atoms with van der Waals surface area (Å²) in [7, 11) is 1.68. The Bertz CT molecular complexity index is 987. The first-order chi connectivity index (χ1) is 13.7. The van der Waals surface area contributed by atoms with E-state index >= 15 is 0 Å². The number of hydrogen-bond acceptors (Lipinski definition) is 5. The normalized spacial score (nSPS) is 17.4. The van der Waals surface area contributed by atoms with Crippen molar-refractivity contribution in [1.82, 2.24) is 19.9 Å². The fourth-order valence-electron chi connectivity index (χ4n) is 3.79.